The number of carbonyl (C=O) groups is 1. The van der Waals surface area contributed by atoms with Gasteiger partial charge in [-0.3, -0.25) is 4.79 Å². The second-order valence-corrected chi connectivity index (χ2v) is 4.37. The van der Waals surface area contributed by atoms with Gasteiger partial charge in [0.15, 0.2) is 0 Å². The number of carbonyl (C=O) groups excluding carboxylic acids is 1. The maximum atomic E-state index is 13.1. The minimum absolute atomic E-state index is 0.152. The van der Waals surface area contributed by atoms with Crippen molar-refractivity contribution in [2.24, 2.45) is 5.73 Å². The molecule has 106 valence electrons. The van der Waals surface area contributed by atoms with Crippen LogP contribution in [-0.2, 0) is 4.79 Å². The van der Waals surface area contributed by atoms with E-state index in [4.69, 9.17) is 10.5 Å². The van der Waals surface area contributed by atoms with Crippen molar-refractivity contribution in [3.05, 3.63) is 24.0 Å². The largest absolute Gasteiger partial charge is 0.492 e. The summed E-state index contributed by atoms with van der Waals surface area (Å²) in [5, 5.41) is 2.70. The lowest BCUT2D eigenvalue weighted by Crippen LogP contribution is -2.27. The lowest BCUT2D eigenvalue weighted by molar-refractivity contribution is -0.116. The highest BCUT2D eigenvalue weighted by atomic mass is 19.1. The first-order chi connectivity index (χ1) is 9.06. The summed E-state index contributed by atoms with van der Waals surface area (Å²) >= 11 is 0. The highest BCUT2D eigenvalue weighted by molar-refractivity contribution is 5.92. The molecule has 5 heteroatoms. The second-order valence-electron chi connectivity index (χ2n) is 4.37. The number of nitrogens with two attached hydrogens (primary N) is 1. The van der Waals surface area contributed by atoms with Gasteiger partial charge in [-0.15, -0.1) is 0 Å². The number of nitrogens with one attached hydrogen (secondary N) is 1. The summed E-state index contributed by atoms with van der Waals surface area (Å²) in [6.45, 7) is 4.22. The molecule has 19 heavy (non-hydrogen) atoms. The van der Waals surface area contributed by atoms with Crippen molar-refractivity contribution in [1.29, 1.82) is 0 Å². The summed E-state index contributed by atoms with van der Waals surface area (Å²) in [5.41, 5.74) is 6.28. The monoisotopic (exact) mass is 268 g/mol. The van der Waals surface area contributed by atoms with E-state index in [-0.39, 0.29) is 18.4 Å². The number of rotatable bonds is 7. The van der Waals surface area contributed by atoms with E-state index in [1.165, 1.54) is 18.2 Å². The Bertz CT molecular complexity index is 424. The van der Waals surface area contributed by atoms with Crippen molar-refractivity contribution in [1.82, 2.24) is 0 Å². The van der Waals surface area contributed by atoms with Gasteiger partial charge < -0.3 is 15.8 Å². The van der Waals surface area contributed by atoms with Crippen LogP contribution < -0.4 is 15.8 Å². The molecule has 0 radical (unpaired) electrons. The Morgan fingerprint density at radius 2 is 2.21 bits per heavy atom. The summed E-state index contributed by atoms with van der Waals surface area (Å²) in [7, 11) is 0. The van der Waals surface area contributed by atoms with E-state index in [0.29, 0.717) is 18.0 Å². The molecule has 4 nitrogen and oxygen atoms in total. The van der Waals surface area contributed by atoms with Crippen LogP contribution in [0.25, 0.3) is 0 Å². The molecule has 0 saturated heterocycles. The van der Waals surface area contributed by atoms with Gasteiger partial charge in [0, 0.05) is 18.5 Å². The number of hydrogen-bond acceptors (Lipinski definition) is 3. The average Bonchev–Trinajstić information content (AvgIpc) is 2.33. The summed E-state index contributed by atoms with van der Waals surface area (Å²) < 4.78 is 18.4. The first-order valence-electron chi connectivity index (χ1n) is 6.54. The van der Waals surface area contributed by atoms with E-state index >= 15 is 0 Å². The van der Waals surface area contributed by atoms with E-state index in [0.717, 1.165) is 12.8 Å². The van der Waals surface area contributed by atoms with Crippen LogP contribution >= 0.6 is 0 Å². The third-order valence-electron chi connectivity index (χ3n) is 2.62. The number of halogens is 1. The number of ether oxygens (including phenoxy) is 1. The van der Waals surface area contributed by atoms with Crippen LogP contribution in [0.1, 0.15) is 33.1 Å². The minimum atomic E-state index is -0.399. The Morgan fingerprint density at radius 1 is 1.47 bits per heavy atom. The van der Waals surface area contributed by atoms with E-state index in [2.05, 4.69) is 5.32 Å². The van der Waals surface area contributed by atoms with E-state index in [1.54, 1.807) is 6.92 Å². The quantitative estimate of drug-likeness (QED) is 0.799. The summed E-state index contributed by atoms with van der Waals surface area (Å²) in [5.74, 6) is -0.252. The van der Waals surface area contributed by atoms with Crippen LogP contribution in [0.4, 0.5) is 10.1 Å². The number of amides is 1. The predicted molar refractivity (Wildman–Crippen MR) is 73.7 cm³/mol. The Hall–Kier alpha value is -1.62. The summed E-state index contributed by atoms with van der Waals surface area (Å²) in [4.78, 5) is 11.8. The summed E-state index contributed by atoms with van der Waals surface area (Å²) in [6.07, 6.45) is 1.99. The molecule has 0 saturated carbocycles. The fourth-order valence-corrected chi connectivity index (χ4v) is 1.79. The van der Waals surface area contributed by atoms with Crippen molar-refractivity contribution < 1.29 is 13.9 Å². The van der Waals surface area contributed by atoms with E-state index < -0.39 is 5.82 Å². The fourth-order valence-electron chi connectivity index (χ4n) is 1.79. The standard InChI is InChI=1S/C14H21FN2O2/c1-3-5-11(16)9-14(18)17-12-7-6-10(15)8-13(12)19-4-2/h6-8,11H,3-5,9,16H2,1-2H3,(H,17,18). The Kier molecular flexibility index (Phi) is 6.29. The van der Waals surface area contributed by atoms with Crippen molar-refractivity contribution in [3.8, 4) is 5.75 Å². The van der Waals surface area contributed by atoms with Crippen LogP contribution in [0.5, 0.6) is 5.75 Å². The molecule has 0 heterocycles. The van der Waals surface area contributed by atoms with Gasteiger partial charge in [0.1, 0.15) is 11.6 Å². The van der Waals surface area contributed by atoms with Crippen LogP contribution in [0, 0.1) is 5.82 Å². The second kappa shape index (κ2) is 7.74. The molecular weight excluding hydrogens is 247 g/mol. The maximum absolute atomic E-state index is 13.1. The molecule has 0 fully saturated rings. The lowest BCUT2D eigenvalue weighted by Gasteiger charge is -2.13. The molecule has 3 N–H and O–H groups in total. The number of benzene rings is 1. The minimum Gasteiger partial charge on any atom is -0.492 e. The SMILES string of the molecule is CCCC(N)CC(=O)Nc1ccc(F)cc1OCC. The Labute approximate surface area is 113 Å². The molecule has 1 aromatic rings. The van der Waals surface area contributed by atoms with Crippen molar-refractivity contribution in [2.45, 2.75) is 39.2 Å². The molecule has 1 aromatic carbocycles. The lowest BCUT2D eigenvalue weighted by atomic mass is 10.1. The highest BCUT2D eigenvalue weighted by Gasteiger charge is 2.12. The molecule has 1 amide bonds. The van der Waals surface area contributed by atoms with Gasteiger partial charge in [-0.25, -0.2) is 4.39 Å². The smallest absolute Gasteiger partial charge is 0.226 e. The topological polar surface area (TPSA) is 64.4 Å². The third kappa shape index (κ3) is 5.26. The van der Waals surface area contributed by atoms with Crippen LogP contribution in [0.3, 0.4) is 0 Å². The molecule has 0 aliphatic heterocycles. The Balaban J connectivity index is 2.67. The Morgan fingerprint density at radius 3 is 2.84 bits per heavy atom. The van der Waals surface area contributed by atoms with Gasteiger partial charge in [0.25, 0.3) is 0 Å². The van der Waals surface area contributed by atoms with Gasteiger partial charge in [-0.1, -0.05) is 13.3 Å². The van der Waals surface area contributed by atoms with Gasteiger partial charge in [-0.05, 0) is 25.5 Å². The van der Waals surface area contributed by atoms with Crippen molar-refractivity contribution in [3.63, 3.8) is 0 Å². The maximum Gasteiger partial charge on any atom is 0.226 e. The first-order valence-corrected chi connectivity index (χ1v) is 6.54. The zero-order valence-corrected chi connectivity index (χ0v) is 11.4. The molecule has 1 atom stereocenters. The zero-order chi connectivity index (χ0) is 14.3. The normalized spacial score (nSPS) is 12.0. The number of hydrogen-bond donors (Lipinski definition) is 2. The number of anilines is 1. The molecule has 0 spiro atoms. The van der Waals surface area contributed by atoms with Crippen molar-refractivity contribution in [2.75, 3.05) is 11.9 Å². The predicted octanol–water partition coefficient (Wildman–Crippen LogP) is 2.68. The van der Waals surface area contributed by atoms with Gasteiger partial charge in [0.05, 0.1) is 12.3 Å². The molecule has 0 aliphatic carbocycles. The van der Waals surface area contributed by atoms with Gasteiger partial charge >= 0.3 is 0 Å². The highest BCUT2D eigenvalue weighted by Crippen LogP contribution is 2.25. The fraction of sp³-hybridized carbons (Fsp3) is 0.500. The van der Waals surface area contributed by atoms with Gasteiger partial charge in [-0.2, -0.15) is 0 Å². The van der Waals surface area contributed by atoms with Crippen LogP contribution in [0.2, 0.25) is 0 Å². The molecule has 1 rings (SSSR count). The molecule has 1 unspecified atom stereocenters. The summed E-state index contributed by atoms with van der Waals surface area (Å²) in [6, 6.07) is 3.87. The molecular formula is C14H21FN2O2. The third-order valence-corrected chi connectivity index (χ3v) is 2.62. The molecule has 0 bridgehead atoms. The van der Waals surface area contributed by atoms with Gasteiger partial charge in [0.2, 0.25) is 5.91 Å². The first kappa shape index (κ1) is 15.4. The molecule has 0 aromatic heterocycles. The zero-order valence-electron chi connectivity index (χ0n) is 11.4. The van der Waals surface area contributed by atoms with E-state index in [1.807, 2.05) is 6.92 Å². The van der Waals surface area contributed by atoms with Crippen molar-refractivity contribution >= 4 is 11.6 Å². The van der Waals surface area contributed by atoms with Crippen LogP contribution in [-0.4, -0.2) is 18.6 Å². The molecule has 0 aliphatic rings. The van der Waals surface area contributed by atoms with Crippen LogP contribution in [0.15, 0.2) is 18.2 Å². The van der Waals surface area contributed by atoms with E-state index in [9.17, 15) is 9.18 Å². The average molecular weight is 268 g/mol.